The van der Waals surface area contributed by atoms with Gasteiger partial charge in [-0.2, -0.15) is 10.1 Å². The molecule has 2 aliphatic heterocycles. The standard InChI is InChI=1S/C25H32N6O3S/c1-2-20-21(3-1)35-24-22(20)23(34-19-6-4-17(5-7-19)30-8-10-32-11-9-30)28-25(29-24)27-16-12-26-31(13-16)18-14-33-15-18/h12-13,17-19H,1-11,14-15H2,(H,27,28,29). The maximum atomic E-state index is 6.67. The van der Waals surface area contributed by atoms with E-state index in [1.807, 2.05) is 17.1 Å². The Bertz CT molecular complexity index is 1190. The normalized spacial score (nSPS) is 25.5. The number of rotatable bonds is 6. The van der Waals surface area contributed by atoms with Gasteiger partial charge >= 0.3 is 0 Å². The Hall–Kier alpha value is -2.27. The molecule has 5 heterocycles. The zero-order chi connectivity index (χ0) is 23.2. The molecule has 0 atom stereocenters. The molecule has 0 spiro atoms. The fraction of sp³-hybridized carbons (Fsp3) is 0.640. The number of thiophene rings is 1. The molecule has 4 aliphatic rings. The van der Waals surface area contributed by atoms with Crippen molar-refractivity contribution >= 4 is 33.2 Å². The minimum atomic E-state index is 0.205. The van der Waals surface area contributed by atoms with E-state index in [0.717, 1.165) is 87.0 Å². The molecule has 2 saturated heterocycles. The third kappa shape index (κ3) is 4.30. The molecule has 0 aromatic carbocycles. The summed E-state index contributed by atoms with van der Waals surface area (Å²) in [5, 5.41) is 8.99. The average molecular weight is 497 g/mol. The summed E-state index contributed by atoms with van der Waals surface area (Å²) < 4.78 is 19.5. The van der Waals surface area contributed by atoms with Crippen molar-refractivity contribution in [2.45, 2.75) is 63.1 Å². The third-order valence-electron chi connectivity index (χ3n) is 7.87. The lowest BCUT2D eigenvalue weighted by Gasteiger charge is -2.38. The molecule has 9 nitrogen and oxygen atoms in total. The summed E-state index contributed by atoms with van der Waals surface area (Å²) in [6.07, 6.45) is 12.0. The fourth-order valence-corrected chi connectivity index (χ4v) is 7.09. The summed E-state index contributed by atoms with van der Waals surface area (Å²) in [6.45, 7) is 5.28. The Morgan fingerprint density at radius 2 is 1.86 bits per heavy atom. The second-order valence-corrected chi connectivity index (χ2v) is 11.2. The van der Waals surface area contributed by atoms with E-state index in [2.05, 4.69) is 15.3 Å². The van der Waals surface area contributed by atoms with Crippen molar-refractivity contribution < 1.29 is 14.2 Å². The zero-order valence-corrected chi connectivity index (χ0v) is 20.8. The first-order valence-electron chi connectivity index (χ1n) is 13.0. The van der Waals surface area contributed by atoms with Gasteiger partial charge in [0.2, 0.25) is 11.8 Å². The van der Waals surface area contributed by atoms with Crippen molar-refractivity contribution in [3.05, 3.63) is 22.8 Å². The van der Waals surface area contributed by atoms with Crippen molar-refractivity contribution in [2.24, 2.45) is 0 Å². The smallest absolute Gasteiger partial charge is 0.232 e. The maximum Gasteiger partial charge on any atom is 0.232 e. The highest BCUT2D eigenvalue weighted by molar-refractivity contribution is 7.19. The fourth-order valence-electron chi connectivity index (χ4n) is 5.84. The zero-order valence-electron chi connectivity index (χ0n) is 19.9. The largest absolute Gasteiger partial charge is 0.474 e. The van der Waals surface area contributed by atoms with Crippen LogP contribution < -0.4 is 10.1 Å². The molecule has 10 heteroatoms. The van der Waals surface area contributed by atoms with Crippen molar-refractivity contribution in [1.29, 1.82) is 0 Å². The molecule has 1 N–H and O–H groups in total. The first kappa shape index (κ1) is 22.0. The van der Waals surface area contributed by atoms with E-state index in [4.69, 9.17) is 24.2 Å². The summed E-state index contributed by atoms with van der Waals surface area (Å²) in [4.78, 5) is 14.9. The number of nitrogens with one attached hydrogen (secondary N) is 1. The minimum Gasteiger partial charge on any atom is -0.474 e. The number of ether oxygens (including phenoxy) is 3. The summed E-state index contributed by atoms with van der Waals surface area (Å²) >= 11 is 1.80. The quantitative estimate of drug-likeness (QED) is 0.553. The number of nitrogens with zero attached hydrogens (tertiary/aromatic N) is 5. The average Bonchev–Trinajstić information content (AvgIpc) is 3.56. The topological polar surface area (TPSA) is 86.6 Å². The summed E-state index contributed by atoms with van der Waals surface area (Å²) in [7, 11) is 0. The first-order valence-corrected chi connectivity index (χ1v) is 13.8. The van der Waals surface area contributed by atoms with Crippen LogP contribution in [0.3, 0.4) is 0 Å². The Labute approximate surface area is 208 Å². The molecule has 3 aromatic heterocycles. The van der Waals surface area contributed by atoms with E-state index < -0.39 is 0 Å². The van der Waals surface area contributed by atoms with Gasteiger partial charge in [-0.05, 0) is 50.5 Å². The van der Waals surface area contributed by atoms with E-state index in [1.54, 1.807) is 11.3 Å². The molecule has 35 heavy (non-hydrogen) atoms. The lowest BCUT2D eigenvalue weighted by molar-refractivity contribution is -0.0286. The van der Waals surface area contributed by atoms with E-state index in [0.29, 0.717) is 18.0 Å². The third-order valence-corrected chi connectivity index (χ3v) is 9.05. The summed E-state index contributed by atoms with van der Waals surface area (Å²) in [6, 6.07) is 0.977. The second-order valence-electron chi connectivity index (χ2n) is 10.1. The first-order chi connectivity index (χ1) is 17.3. The molecule has 2 aliphatic carbocycles. The van der Waals surface area contributed by atoms with Crippen LogP contribution in [-0.2, 0) is 22.3 Å². The molecule has 186 valence electrons. The van der Waals surface area contributed by atoms with Crippen LogP contribution in [0, 0.1) is 0 Å². The van der Waals surface area contributed by atoms with E-state index in [-0.39, 0.29) is 6.10 Å². The van der Waals surface area contributed by atoms with Crippen LogP contribution in [0.2, 0.25) is 0 Å². The van der Waals surface area contributed by atoms with Crippen LogP contribution >= 0.6 is 11.3 Å². The van der Waals surface area contributed by atoms with Crippen molar-refractivity contribution in [3.63, 3.8) is 0 Å². The molecular formula is C25H32N6O3S. The Morgan fingerprint density at radius 3 is 2.66 bits per heavy atom. The van der Waals surface area contributed by atoms with Gasteiger partial charge in [0, 0.05) is 30.2 Å². The van der Waals surface area contributed by atoms with E-state index >= 15 is 0 Å². The Morgan fingerprint density at radius 1 is 1.00 bits per heavy atom. The maximum absolute atomic E-state index is 6.67. The predicted molar refractivity (Wildman–Crippen MR) is 134 cm³/mol. The van der Waals surface area contributed by atoms with E-state index in [9.17, 15) is 0 Å². The van der Waals surface area contributed by atoms with Gasteiger partial charge in [-0.1, -0.05) is 0 Å². The molecule has 0 amide bonds. The molecular weight excluding hydrogens is 464 g/mol. The van der Waals surface area contributed by atoms with Crippen LogP contribution in [0.15, 0.2) is 12.4 Å². The number of morpholine rings is 1. The van der Waals surface area contributed by atoms with Crippen LogP contribution in [-0.4, -0.2) is 76.3 Å². The number of hydrogen-bond donors (Lipinski definition) is 1. The molecule has 7 rings (SSSR count). The number of hydrogen-bond acceptors (Lipinski definition) is 9. The number of aryl methyl sites for hydroxylation is 2. The molecule has 3 fully saturated rings. The Kier molecular flexibility index (Phi) is 5.84. The highest BCUT2D eigenvalue weighted by Gasteiger charge is 2.30. The summed E-state index contributed by atoms with van der Waals surface area (Å²) in [5.41, 5.74) is 2.30. The Balaban J connectivity index is 1.11. The van der Waals surface area contributed by atoms with Gasteiger partial charge in [-0.3, -0.25) is 9.58 Å². The highest BCUT2D eigenvalue weighted by atomic mass is 32.1. The SMILES string of the molecule is c1nn(C2COC2)cc1Nc1nc(OC2CCC(N3CCOCC3)CC2)c2c3c(sc2n1)CCC3. The van der Waals surface area contributed by atoms with Gasteiger partial charge in [0.05, 0.1) is 49.7 Å². The number of anilines is 2. The van der Waals surface area contributed by atoms with Gasteiger partial charge in [0.1, 0.15) is 10.9 Å². The number of fused-ring (bicyclic) bond motifs is 3. The monoisotopic (exact) mass is 496 g/mol. The van der Waals surface area contributed by atoms with E-state index in [1.165, 1.54) is 29.7 Å². The second kappa shape index (κ2) is 9.31. The predicted octanol–water partition coefficient (Wildman–Crippen LogP) is 3.71. The molecule has 0 bridgehead atoms. The van der Waals surface area contributed by atoms with Gasteiger partial charge in [0.15, 0.2) is 0 Å². The van der Waals surface area contributed by atoms with Crippen LogP contribution in [0.1, 0.15) is 48.6 Å². The van der Waals surface area contributed by atoms with Gasteiger partial charge in [-0.15, -0.1) is 11.3 Å². The van der Waals surface area contributed by atoms with Crippen LogP contribution in [0.4, 0.5) is 11.6 Å². The van der Waals surface area contributed by atoms with Crippen molar-refractivity contribution in [1.82, 2.24) is 24.6 Å². The molecule has 3 aromatic rings. The molecule has 1 saturated carbocycles. The van der Waals surface area contributed by atoms with Crippen molar-refractivity contribution in [2.75, 3.05) is 44.8 Å². The summed E-state index contributed by atoms with van der Waals surface area (Å²) in [5.74, 6) is 1.34. The molecule has 0 radical (unpaired) electrons. The van der Waals surface area contributed by atoms with Gasteiger partial charge < -0.3 is 19.5 Å². The lowest BCUT2D eigenvalue weighted by atomic mass is 9.91. The lowest BCUT2D eigenvalue weighted by Crippen LogP contribution is -2.46. The van der Waals surface area contributed by atoms with Gasteiger partial charge in [0.25, 0.3) is 0 Å². The minimum absolute atomic E-state index is 0.205. The van der Waals surface area contributed by atoms with Crippen molar-refractivity contribution in [3.8, 4) is 5.88 Å². The van der Waals surface area contributed by atoms with Crippen LogP contribution in [0.25, 0.3) is 10.2 Å². The van der Waals surface area contributed by atoms with Crippen LogP contribution in [0.5, 0.6) is 5.88 Å². The number of aromatic nitrogens is 4. The van der Waals surface area contributed by atoms with Gasteiger partial charge in [-0.25, -0.2) is 4.98 Å². The molecule has 0 unspecified atom stereocenters. The highest BCUT2D eigenvalue weighted by Crippen LogP contribution is 2.42.